The summed E-state index contributed by atoms with van der Waals surface area (Å²) in [7, 11) is 0. The number of benzene rings is 9. The molecule has 0 atom stereocenters. The van der Waals surface area contributed by atoms with Crippen molar-refractivity contribution in [1.82, 2.24) is 9.13 Å². The van der Waals surface area contributed by atoms with E-state index >= 15 is 0 Å². The lowest BCUT2D eigenvalue weighted by Gasteiger charge is -2.26. The van der Waals surface area contributed by atoms with Crippen molar-refractivity contribution in [2.45, 2.75) is 13.5 Å². The summed E-state index contributed by atoms with van der Waals surface area (Å²) in [4.78, 5) is 2.38. The average molecular weight is 756 g/mol. The minimum atomic E-state index is 0.922. The predicted molar refractivity (Wildman–Crippen MR) is 250 cm³/mol. The maximum Gasteiger partial charge on any atom is 0.0541 e. The zero-order valence-corrected chi connectivity index (χ0v) is 32.8. The van der Waals surface area contributed by atoms with Crippen molar-refractivity contribution in [1.29, 1.82) is 0 Å². The molecule has 9 aromatic carbocycles. The molecule has 0 aliphatic rings. The molecule has 2 heterocycles. The molecular formula is C56H41N3. The molecule has 0 aliphatic carbocycles. The Bertz CT molecular complexity index is 3270. The van der Waals surface area contributed by atoms with Crippen LogP contribution in [-0.4, -0.2) is 9.13 Å². The largest absolute Gasteiger partial charge is 0.341 e. The molecule has 0 saturated heterocycles. The molecule has 0 amide bonds. The first-order valence-electron chi connectivity index (χ1n) is 20.5. The number of hydrogen-bond acceptors (Lipinski definition) is 1. The van der Waals surface area contributed by atoms with Crippen LogP contribution in [0.5, 0.6) is 0 Å². The second-order valence-corrected chi connectivity index (χ2v) is 15.3. The number of anilines is 3. The third-order valence-electron chi connectivity index (χ3n) is 11.9. The van der Waals surface area contributed by atoms with Crippen LogP contribution in [0, 0.1) is 0 Å². The van der Waals surface area contributed by atoms with Gasteiger partial charge in [-0.25, -0.2) is 0 Å². The maximum absolute atomic E-state index is 2.41. The van der Waals surface area contributed by atoms with Crippen LogP contribution in [0.4, 0.5) is 17.1 Å². The molecule has 11 rings (SSSR count). The second kappa shape index (κ2) is 14.4. The van der Waals surface area contributed by atoms with Gasteiger partial charge in [-0.15, -0.1) is 0 Å². The van der Waals surface area contributed by atoms with Crippen molar-refractivity contribution in [3.05, 3.63) is 218 Å². The first-order chi connectivity index (χ1) is 29.2. The van der Waals surface area contributed by atoms with Crippen LogP contribution in [-0.2, 0) is 6.54 Å². The highest BCUT2D eigenvalue weighted by atomic mass is 15.1. The lowest BCUT2D eigenvalue weighted by Crippen LogP contribution is -2.10. The number of nitrogens with zero attached hydrogens (tertiary/aromatic N) is 3. The molecule has 59 heavy (non-hydrogen) atoms. The number of hydrogen-bond donors (Lipinski definition) is 0. The number of fused-ring (bicyclic) bond motifs is 6. The van der Waals surface area contributed by atoms with Gasteiger partial charge < -0.3 is 14.0 Å². The molecule has 3 heteroatoms. The van der Waals surface area contributed by atoms with E-state index < -0.39 is 0 Å². The van der Waals surface area contributed by atoms with Crippen LogP contribution in [0.2, 0.25) is 0 Å². The average Bonchev–Trinajstić information content (AvgIpc) is 3.82. The van der Waals surface area contributed by atoms with E-state index in [1.165, 1.54) is 82.7 Å². The highest BCUT2D eigenvalue weighted by molar-refractivity contribution is 6.11. The summed E-state index contributed by atoms with van der Waals surface area (Å²) in [6, 6.07) is 79.4. The van der Waals surface area contributed by atoms with Gasteiger partial charge in [0.05, 0.1) is 11.0 Å². The fourth-order valence-electron chi connectivity index (χ4n) is 9.07. The summed E-state index contributed by atoms with van der Waals surface area (Å²) in [5.41, 5.74) is 16.7. The topological polar surface area (TPSA) is 13.1 Å². The van der Waals surface area contributed by atoms with Gasteiger partial charge in [-0.1, -0.05) is 140 Å². The van der Waals surface area contributed by atoms with Gasteiger partial charge in [-0.2, -0.15) is 0 Å². The minimum Gasteiger partial charge on any atom is -0.341 e. The molecular weight excluding hydrogens is 715 g/mol. The van der Waals surface area contributed by atoms with E-state index in [0.717, 1.165) is 23.6 Å². The maximum atomic E-state index is 2.41. The summed E-state index contributed by atoms with van der Waals surface area (Å²) < 4.78 is 4.78. The van der Waals surface area contributed by atoms with Crippen molar-refractivity contribution in [2.24, 2.45) is 0 Å². The van der Waals surface area contributed by atoms with E-state index in [0.29, 0.717) is 0 Å². The van der Waals surface area contributed by atoms with Crippen LogP contribution >= 0.6 is 0 Å². The zero-order chi connectivity index (χ0) is 39.3. The fraction of sp³-hybridized carbons (Fsp3) is 0.0357. The molecule has 0 aliphatic heterocycles. The Labute approximate surface area is 344 Å². The number of para-hydroxylation sites is 3. The van der Waals surface area contributed by atoms with Crippen LogP contribution < -0.4 is 4.90 Å². The van der Waals surface area contributed by atoms with Crippen LogP contribution in [0.15, 0.2) is 218 Å². The quantitative estimate of drug-likeness (QED) is 0.151. The summed E-state index contributed by atoms with van der Waals surface area (Å²) >= 11 is 0. The van der Waals surface area contributed by atoms with Crippen LogP contribution in [0.3, 0.4) is 0 Å². The van der Waals surface area contributed by atoms with E-state index in [2.05, 4.69) is 239 Å². The summed E-state index contributed by atoms with van der Waals surface area (Å²) in [6.45, 7) is 3.15. The molecule has 0 fully saturated rings. The van der Waals surface area contributed by atoms with Crippen molar-refractivity contribution in [2.75, 3.05) is 4.90 Å². The summed E-state index contributed by atoms with van der Waals surface area (Å²) in [5.74, 6) is 0. The molecule has 0 spiro atoms. The monoisotopic (exact) mass is 755 g/mol. The summed E-state index contributed by atoms with van der Waals surface area (Å²) in [5, 5.41) is 5.07. The minimum absolute atomic E-state index is 0.922. The Morgan fingerprint density at radius 2 is 0.729 bits per heavy atom. The normalized spacial score (nSPS) is 11.5. The number of rotatable bonds is 8. The van der Waals surface area contributed by atoms with Crippen LogP contribution in [0.25, 0.3) is 82.7 Å². The Morgan fingerprint density at radius 1 is 0.322 bits per heavy atom. The lowest BCUT2D eigenvalue weighted by atomic mass is 9.98. The molecule has 11 aromatic rings. The molecule has 0 bridgehead atoms. The molecule has 0 unspecified atom stereocenters. The lowest BCUT2D eigenvalue weighted by molar-refractivity contribution is 0.827. The van der Waals surface area contributed by atoms with Crippen LogP contribution in [0.1, 0.15) is 6.92 Å². The predicted octanol–water partition coefficient (Wildman–Crippen LogP) is 15.4. The van der Waals surface area contributed by atoms with E-state index in [9.17, 15) is 0 Å². The molecule has 3 nitrogen and oxygen atoms in total. The third kappa shape index (κ3) is 5.98. The molecule has 2 aromatic heterocycles. The smallest absolute Gasteiger partial charge is 0.0541 e. The first-order valence-corrected chi connectivity index (χ1v) is 20.5. The van der Waals surface area contributed by atoms with Crippen molar-refractivity contribution in [3.8, 4) is 39.1 Å². The highest BCUT2D eigenvalue weighted by Crippen LogP contribution is 2.41. The van der Waals surface area contributed by atoms with E-state index in [4.69, 9.17) is 0 Å². The van der Waals surface area contributed by atoms with Crippen molar-refractivity contribution in [3.63, 3.8) is 0 Å². The Kier molecular flexibility index (Phi) is 8.45. The van der Waals surface area contributed by atoms with Gasteiger partial charge in [0.2, 0.25) is 0 Å². The van der Waals surface area contributed by atoms with Gasteiger partial charge in [0.15, 0.2) is 0 Å². The van der Waals surface area contributed by atoms with Crippen molar-refractivity contribution >= 4 is 60.7 Å². The van der Waals surface area contributed by atoms with Crippen molar-refractivity contribution < 1.29 is 0 Å². The van der Waals surface area contributed by atoms with E-state index in [1.807, 2.05) is 0 Å². The molecule has 0 N–H and O–H groups in total. The summed E-state index contributed by atoms with van der Waals surface area (Å²) in [6.07, 6.45) is 0. The van der Waals surface area contributed by atoms with Gasteiger partial charge in [0.1, 0.15) is 0 Å². The van der Waals surface area contributed by atoms with E-state index in [-0.39, 0.29) is 0 Å². The van der Waals surface area contributed by atoms with Gasteiger partial charge in [0.25, 0.3) is 0 Å². The second-order valence-electron chi connectivity index (χ2n) is 15.3. The SMILES string of the molecule is CCn1c2ccccc2c2cc(N(c3ccc(-c4ccccc4)cc3)c3ccc(-c4ccc(-c5ccc6c(c5)c5ccccc5n6-c5ccccc5)cc4)cc3)ccc21. The van der Waals surface area contributed by atoms with E-state index in [1.54, 1.807) is 0 Å². The zero-order valence-electron chi connectivity index (χ0n) is 32.8. The molecule has 0 saturated carbocycles. The Hall–Kier alpha value is -7.62. The third-order valence-corrected chi connectivity index (χ3v) is 11.9. The number of aromatic nitrogens is 2. The van der Waals surface area contributed by atoms with Gasteiger partial charge in [-0.05, 0) is 119 Å². The standard InChI is InChI=1S/C56H41N3/c1-2-57-53-19-11-9-17-49(53)52-38-48(34-36-54(52)57)58(46-30-25-41(26-31-46)39-13-5-3-6-14-39)47-32-27-42(28-33-47)40-21-23-43(24-22-40)44-29-35-56-51(37-44)50-18-10-12-20-55(50)59(56)45-15-7-4-8-16-45/h3-38H,2H2,1H3. The fourth-order valence-corrected chi connectivity index (χ4v) is 9.07. The van der Waals surface area contributed by atoms with Gasteiger partial charge in [0, 0.05) is 61.9 Å². The number of aryl methyl sites for hydroxylation is 1. The van der Waals surface area contributed by atoms with Gasteiger partial charge in [-0.3, -0.25) is 0 Å². The first kappa shape index (κ1) is 34.6. The Balaban J connectivity index is 0.943. The Morgan fingerprint density at radius 3 is 1.36 bits per heavy atom. The van der Waals surface area contributed by atoms with Gasteiger partial charge >= 0.3 is 0 Å². The highest BCUT2D eigenvalue weighted by Gasteiger charge is 2.18. The molecule has 280 valence electrons. The molecule has 0 radical (unpaired) electrons.